The first-order chi connectivity index (χ1) is 7.97. The summed E-state index contributed by atoms with van der Waals surface area (Å²) in [5, 5.41) is 3.02. The molecule has 1 aromatic carbocycles. The maximum Gasteiger partial charge on any atom is 0.359 e. The van der Waals surface area contributed by atoms with Crippen LogP contribution in [-0.2, 0) is 14.3 Å². The number of hydrogen-bond donors (Lipinski definition) is 1. The van der Waals surface area contributed by atoms with Crippen LogP contribution < -0.4 is 10.1 Å². The number of ether oxygens (including phenoxy) is 2. The molecule has 0 saturated heterocycles. The van der Waals surface area contributed by atoms with E-state index >= 15 is 0 Å². The zero-order chi connectivity index (χ0) is 12.6. The molecule has 5 nitrogen and oxygen atoms in total. The van der Waals surface area contributed by atoms with E-state index in [4.69, 9.17) is 16.3 Å². The van der Waals surface area contributed by atoms with Crippen molar-refractivity contribution in [2.45, 2.75) is 12.5 Å². The van der Waals surface area contributed by atoms with Gasteiger partial charge in [-0.1, -0.05) is 11.6 Å². The minimum Gasteiger partial charge on any atom is -0.466 e. The van der Waals surface area contributed by atoms with Gasteiger partial charge in [0, 0.05) is 11.1 Å². The molecule has 0 radical (unpaired) electrons. The Bertz CT molecular complexity index is 502. The molecule has 1 aliphatic rings. The van der Waals surface area contributed by atoms with Crippen molar-refractivity contribution in [1.29, 1.82) is 0 Å². The number of carbonyl (C=O) groups excluding carboxylic acids is 2. The van der Waals surface area contributed by atoms with Crippen molar-refractivity contribution in [3.63, 3.8) is 0 Å². The number of esters is 1. The lowest BCUT2D eigenvalue weighted by Crippen LogP contribution is -2.54. The van der Waals surface area contributed by atoms with Crippen LogP contribution in [0.2, 0.25) is 5.02 Å². The Morgan fingerprint density at radius 1 is 1.53 bits per heavy atom. The number of fused-ring (bicyclic) bond motifs is 1. The largest absolute Gasteiger partial charge is 0.466 e. The van der Waals surface area contributed by atoms with E-state index in [1.54, 1.807) is 12.1 Å². The number of anilines is 1. The van der Waals surface area contributed by atoms with Gasteiger partial charge in [-0.05, 0) is 19.1 Å². The summed E-state index contributed by atoms with van der Waals surface area (Å²) in [6.45, 7) is 1.35. The molecule has 1 amide bonds. The normalized spacial score (nSPS) is 22.2. The fourth-order valence-corrected chi connectivity index (χ4v) is 1.68. The van der Waals surface area contributed by atoms with Crippen LogP contribution in [0.25, 0.3) is 0 Å². The number of hydrogen-bond acceptors (Lipinski definition) is 4. The van der Waals surface area contributed by atoms with Crippen molar-refractivity contribution in [2.75, 3.05) is 12.4 Å². The summed E-state index contributed by atoms with van der Waals surface area (Å²) in [5.41, 5.74) is -1.22. The van der Waals surface area contributed by atoms with E-state index in [1.807, 2.05) is 0 Å². The van der Waals surface area contributed by atoms with Gasteiger partial charge in [-0.2, -0.15) is 0 Å². The van der Waals surface area contributed by atoms with Crippen molar-refractivity contribution >= 4 is 29.2 Å². The average molecular weight is 256 g/mol. The Morgan fingerprint density at radius 2 is 2.24 bits per heavy atom. The lowest BCUT2D eigenvalue weighted by molar-refractivity contribution is -0.162. The maximum atomic E-state index is 11.8. The van der Waals surface area contributed by atoms with Gasteiger partial charge < -0.3 is 14.8 Å². The zero-order valence-electron chi connectivity index (χ0n) is 9.24. The van der Waals surface area contributed by atoms with Gasteiger partial charge in [-0.15, -0.1) is 0 Å². The van der Waals surface area contributed by atoms with Gasteiger partial charge in [0.1, 0.15) is 5.75 Å². The van der Waals surface area contributed by atoms with Gasteiger partial charge >= 0.3 is 5.97 Å². The van der Waals surface area contributed by atoms with Gasteiger partial charge in [-0.3, -0.25) is 4.79 Å². The summed E-state index contributed by atoms with van der Waals surface area (Å²) in [5.74, 6) is -0.996. The molecular weight excluding hydrogens is 246 g/mol. The monoisotopic (exact) mass is 255 g/mol. The van der Waals surface area contributed by atoms with Crippen LogP contribution >= 0.6 is 11.6 Å². The summed E-state index contributed by atoms with van der Waals surface area (Å²) in [4.78, 5) is 23.3. The molecule has 1 atom stereocenters. The number of benzene rings is 1. The molecule has 0 saturated carbocycles. The molecule has 0 aliphatic carbocycles. The van der Waals surface area contributed by atoms with Crippen molar-refractivity contribution in [3.8, 4) is 5.75 Å². The number of amides is 1. The average Bonchev–Trinajstić information content (AvgIpc) is 2.30. The number of rotatable bonds is 1. The van der Waals surface area contributed by atoms with Crippen LogP contribution in [-0.4, -0.2) is 24.6 Å². The molecule has 0 bridgehead atoms. The number of methoxy groups -OCH3 is 1. The highest BCUT2D eigenvalue weighted by Crippen LogP contribution is 2.35. The van der Waals surface area contributed by atoms with E-state index in [2.05, 4.69) is 10.1 Å². The zero-order valence-corrected chi connectivity index (χ0v) is 10.00. The fourth-order valence-electron chi connectivity index (χ4n) is 1.52. The molecule has 1 heterocycles. The topological polar surface area (TPSA) is 64.6 Å². The molecule has 0 fully saturated rings. The lowest BCUT2D eigenvalue weighted by atomic mass is 10.0. The summed E-state index contributed by atoms with van der Waals surface area (Å²) in [7, 11) is 1.19. The molecular formula is C11H10ClNO4. The van der Waals surface area contributed by atoms with Crippen LogP contribution in [0.4, 0.5) is 5.69 Å². The van der Waals surface area contributed by atoms with Crippen molar-refractivity contribution < 1.29 is 19.1 Å². The van der Waals surface area contributed by atoms with Gasteiger partial charge in [-0.25, -0.2) is 4.79 Å². The third-order valence-electron chi connectivity index (χ3n) is 2.51. The molecule has 0 aromatic heterocycles. The highest BCUT2D eigenvalue weighted by molar-refractivity contribution is 6.31. The van der Waals surface area contributed by atoms with Crippen LogP contribution in [0.15, 0.2) is 18.2 Å². The van der Waals surface area contributed by atoms with Crippen LogP contribution in [0.1, 0.15) is 6.92 Å². The van der Waals surface area contributed by atoms with Crippen LogP contribution in [0, 0.1) is 0 Å². The first-order valence-electron chi connectivity index (χ1n) is 4.86. The quantitative estimate of drug-likeness (QED) is 0.612. The number of nitrogens with one attached hydrogen (secondary N) is 1. The molecule has 1 N–H and O–H groups in total. The molecule has 17 heavy (non-hydrogen) atoms. The summed E-state index contributed by atoms with van der Waals surface area (Å²) >= 11 is 5.81. The smallest absolute Gasteiger partial charge is 0.359 e. The van der Waals surface area contributed by atoms with E-state index in [0.717, 1.165) is 0 Å². The predicted octanol–water partition coefficient (Wildman–Crippen LogP) is 1.60. The summed E-state index contributed by atoms with van der Waals surface area (Å²) < 4.78 is 9.94. The molecule has 0 unspecified atom stereocenters. The van der Waals surface area contributed by atoms with E-state index in [-0.39, 0.29) is 0 Å². The van der Waals surface area contributed by atoms with Gasteiger partial charge in [0.15, 0.2) is 0 Å². The highest BCUT2D eigenvalue weighted by atomic mass is 35.5. The Kier molecular flexibility index (Phi) is 2.71. The number of carbonyl (C=O) groups is 2. The molecule has 90 valence electrons. The van der Waals surface area contributed by atoms with Gasteiger partial charge in [0.05, 0.1) is 12.8 Å². The second-order valence-corrected chi connectivity index (χ2v) is 4.16. The van der Waals surface area contributed by atoms with Crippen LogP contribution in [0.3, 0.4) is 0 Å². The van der Waals surface area contributed by atoms with Crippen molar-refractivity contribution in [3.05, 3.63) is 23.2 Å². The molecule has 2 rings (SSSR count). The van der Waals surface area contributed by atoms with E-state index in [1.165, 1.54) is 20.1 Å². The van der Waals surface area contributed by atoms with E-state index in [9.17, 15) is 9.59 Å². The standard InChI is InChI=1S/C11H10ClNO4/c1-11(10(15)16-2)9(14)13-7-4-3-6(12)5-8(7)17-11/h3-5H,1-2H3,(H,13,14)/t11-/m0/s1. The minimum atomic E-state index is -1.69. The Labute approximate surface area is 103 Å². The highest BCUT2D eigenvalue weighted by Gasteiger charge is 2.48. The van der Waals surface area contributed by atoms with E-state index in [0.29, 0.717) is 16.5 Å². The Morgan fingerprint density at radius 3 is 2.88 bits per heavy atom. The summed E-state index contributed by atoms with van der Waals surface area (Å²) in [6, 6.07) is 4.74. The second-order valence-electron chi connectivity index (χ2n) is 3.72. The molecule has 0 spiro atoms. The molecule has 1 aromatic rings. The third kappa shape index (κ3) is 1.82. The second kappa shape index (κ2) is 3.92. The first-order valence-corrected chi connectivity index (χ1v) is 5.23. The summed E-state index contributed by atoms with van der Waals surface area (Å²) in [6.07, 6.45) is 0. The van der Waals surface area contributed by atoms with Crippen molar-refractivity contribution in [2.24, 2.45) is 0 Å². The Hall–Kier alpha value is -1.75. The number of halogens is 1. The minimum absolute atomic E-state index is 0.338. The van der Waals surface area contributed by atoms with Gasteiger partial charge in [0.25, 0.3) is 11.5 Å². The van der Waals surface area contributed by atoms with Crippen LogP contribution in [0.5, 0.6) is 5.75 Å². The molecule has 1 aliphatic heterocycles. The predicted molar refractivity (Wildman–Crippen MR) is 61.1 cm³/mol. The lowest BCUT2D eigenvalue weighted by Gasteiger charge is -2.32. The third-order valence-corrected chi connectivity index (χ3v) is 2.75. The SMILES string of the molecule is COC(=O)[C@@]1(C)Oc2cc(Cl)ccc2NC1=O. The van der Waals surface area contributed by atoms with Gasteiger partial charge in [0.2, 0.25) is 0 Å². The van der Waals surface area contributed by atoms with Crippen molar-refractivity contribution in [1.82, 2.24) is 0 Å². The molecule has 6 heteroatoms. The maximum absolute atomic E-state index is 11.8. The first kappa shape index (κ1) is 11.7. The van der Waals surface area contributed by atoms with E-state index < -0.39 is 17.5 Å². The fraction of sp³-hybridized carbons (Fsp3) is 0.273. The Balaban J connectivity index is 2.44.